The Morgan fingerprint density at radius 3 is 1.67 bits per heavy atom. The molecule has 16 atom stereocenters. The summed E-state index contributed by atoms with van der Waals surface area (Å²) in [6.45, 7) is 14.6. The zero-order valence-corrected chi connectivity index (χ0v) is 35.7. The van der Waals surface area contributed by atoms with Crippen LogP contribution in [0.15, 0.2) is 23.3 Å². The number of phosphoric acid groups is 1. The third-order valence-corrected chi connectivity index (χ3v) is 19.6. The lowest BCUT2D eigenvalue weighted by molar-refractivity contribution is -0.157. The Kier molecular flexibility index (Phi) is 10.4. The summed E-state index contributed by atoms with van der Waals surface area (Å²) in [4.78, 5) is 49.2. The van der Waals surface area contributed by atoms with Gasteiger partial charge in [0.25, 0.3) is 0 Å². The fourth-order valence-electron chi connectivity index (χ4n) is 15.6. The maximum Gasteiger partial charge on any atom is 0.472 e. The van der Waals surface area contributed by atoms with E-state index in [2.05, 4.69) is 39.8 Å². The second kappa shape index (κ2) is 14.3. The van der Waals surface area contributed by atoms with E-state index in [4.69, 9.17) is 13.8 Å². The van der Waals surface area contributed by atoms with E-state index in [1.807, 2.05) is 0 Å². The average Bonchev–Trinajstić information content (AvgIpc) is 3.68. The summed E-state index contributed by atoms with van der Waals surface area (Å²) >= 11 is 0. The molecule has 8 nitrogen and oxygen atoms in total. The largest absolute Gasteiger partial charge is 0.472 e. The number of phosphoric ester groups is 1. The van der Waals surface area contributed by atoms with Crippen molar-refractivity contribution >= 4 is 25.4 Å². The average molecular weight is 781 g/mol. The van der Waals surface area contributed by atoms with Gasteiger partial charge in [0.05, 0.1) is 18.6 Å². The molecule has 16 unspecified atom stereocenters. The van der Waals surface area contributed by atoms with Gasteiger partial charge in [0.15, 0.2) is 0 Å². The maximum atomic E-state index is 13.3. The van der Waals surface area contributed by atoms with Gasteiger partial charge in [0, 0.05) is 18.3 Å². The van der Waals surface area contributed by atoms with Gasteiger partial charge in [0.2, 0.25) is 0 Å². The fraction of sp³-hybridized carbons (Fsp3) is 0.848. The van der Waals surface area contributed by atoms with Gasteiger partial charge in [-0.2, -0.15) is 0 Å². The highest BCUT2D eigenvalue weighted by atomic mass is 31.2. The standard InChI is InChI=1S/C46H69O8P/c1-27(42(49)53-32-16-20-43(4)30(24-32)8-10-34-38-14-12-36(28(2)47)45(38,6)22-18-40(34)43)26-52-55(50,51)54-33-17-21-44(5)31(25-33)9-11-35-39-15-13-37(29(3)48)46(39,7)23-19-41(35)44/h8-9,27,32-41H,10-26H2,1-7H3,(H,50,51). The summed E-state index contributed by atoms with van der Waals surface area (Å²) in [5.74, 6) is 3.63. The second-order valence-corrected chi connectivity index (χ2v) is 22.4. The normalized spacial score (nSPS) is 47.6. The molecule has 0 aliphatic heterocycles. The lowest BCUT2D eigenvalue weighted by Gasteiger charge is -2.58. The van der Waals surface area contributed by atoms with Crippen molar-refractivity contribution < 1.29 is 37.6 Å². The number of hydrogen-bond acceptors (Lipinski definition) is 7. The molecule has 0 heterocycles. The van der Waals surface area contributed by atoms with Gasteiger partial charge >= 0.3 is 13.8 Å². The minimum atomic E-state index is -4.40. The van der Waals surface area contributed by atoms with E-state index in [1.165, 1.54) is 17.6 Å². The van der Waals surface area contributed by atoms with Crippen LogP contribution in [0.5, 0.6) is 0 Å². The Hall–Kier alpha value is -1.60. The van der Waals surface area contributed by atoms with Crippen molar-refractivity contribution in [3.8, 4) is 0 Å². The first kappa shape index (κ1) is 40.2. The number of fused-ring (bicyclic) bond motifs is 10. The van der Waals surface area contributed by atoms with Crippen LogP contribution in [0.3, 0.4) is 0 Å². The minimum absolute atomic E-state index is 0.0522. The second-order valence-electron chi connectivity index (χ2n) is 21.0. The zero-order valence-electron chi connectivity index (χ0n) is 34.8. The number of carbonyl (C=O) groups excluding carboxylic acids is 3. The molecule has 0 aromatic rings. The molecule has 306 valence electrons. The van der Waals surface area contributed by atoms with Crippen molar-refractivity contribution in [3.05, 3.63) is 23.3 Å². The summed E-state index contributed by atoms with van der Waals surface area (Å²) < 4.78 is 30.6. The van der Waals surface area contributed by atoms with Gasteiger partial charge in [-0.3, -0.25) is 23.4 Å². The molecule has 0 amide bonds. The Bertz CT molecular complexity index is 1680. The van der Waals surface area contributed by atoms with Crippen LogP contribution in [0.4, 0.5) is 0 Å². The summed E-state index contributed by atoms with van der Waals surface area (Å²) in [6.07, 6.45) is 20.0. The summed E-state index contributed by atoms with van der Waals surface area (Å²) in [5.41, 5.74) is 3.18. The molecule has 6 saturated carbocycles. The Morgan fingerprint density at radius 1 is 0.709 bits per heavy atom. The first-order valence-corrected chi connectivity index (χ1v) is 23.7. The van der Waals surface area contributed by atoms with Crippen molar-refractivity contribution in [2.75, 3.05) is 6.61 Å². The third-order valence-electron chi connectivity index (χ3n) is 18.6. The number of allylic oxidation sites excluding steroid dienone is 2. The van der Waals surface area contributed by atoms with Crippen LogP contribution >= 0.6 is 7.82 Å². The third kappa shape index (κ3) is 6.66. The number of esters is 1. The first-order chi connectivity index (χ1) is 25.9. The molecule has 1 N–H and O–H groups in total. The van der Waals surface area contributed by atoms with E-state index < -0.39 is 25.8 Å². The smallest absolute Gasteiger partial charge is 0.462 e. The van der Waals surface area contributed by atoms with Crippen molar-refractivity contribution in [1.82, 2.24) is 0 Å². The van der Waals surface area contributed by atoms with Crippen molar-refractivity contribution in [2.24, 2.45) is 74.9 Å². The van der Waals surface area contributed by atoms with Crippen LogP contribution in [0.1, 0.15) is 151 Å². The number of rotatable bonds is 9. The lowest BCUT2D eigenvalue weighted by Crippen LogP contribution is -2.51. The molecule has 8 aliphatic rings. The summed E-state index contributed by atoms with van der Waals surface area (Å²) in [7, 11) is -4.40. The van der Waals surface area contributed by atoms with E-state index in [9.17, 15) is 23.8 Å². The highest BCUT2D eigenvalue weighted by Crippen LogP contribution is 2.68. The Labute approximate surface area is 330 Å². The van der Waals surface area contributed by atoms with Crippen LogP contribution in [0, 0.1) is 74.9 Å². The van der Waals surface area contributed by atoms with Crippen LogP contribution in [-0.4, -0.2) is 41.2 Å². The van der Waals surface area contributed by atoms with Crippen LogP contribution in [0.25, 0.3) is 0 Å². The Balaban J connectivity index is 0.823. The summed E-state index contributed by atoms with van der Waals surface area (Å²) in [6, 6.07) is 0. The topological polar surface area (TPSA) is 116 Å². The highest BCUT2D eigenvalue weighted by Gasteiger charge is 2.61. The molecule has 8 aliphatic carbocycles. The fourth-order valence-corrected chi connectivity index (χ4v) is 16.6. The monoisotopic (exact) mass is 780 g/mol. The van der Waals surface area contributed by atoms with Crippen molar-refractivity contribution in [3.63, 3.8) is 0 Å². The van der Waals surface area contributed by atoms with Gasteiger partial charge in [-0.25, -0.2) is 4.57 Å². The molecular weight excluding hydrogens is 711 g/mol. The van der Waals surface area contributed by atoms with E-state index in [0.717, 1.165) is 83.5 Å². The molecule has 0 spiro atoms. The quantitative estimate of drug-likeness (QED) is 0.140. The predicted octanol–water partition coefficient (Wildman–Crippen LogP) is 10.4. The summed E-state index contributed by atoms with van der Waals surface area (Å²) in [5, 5.41) is 0. The molecule has 0 aromatic heterocycles. The highest BCUT2D eigenvalue weighted by molar-refractivity contribution is 7.47. The van der Waals surface area contributed by atoms with E-state index in [1.54, 1.807) is 20.8 Å². The number of ether oxygens (including phenoxy) is 1. The first-order valence-electron chi connectivity index (χ1n) is 22.2. The Morgan fingerprint density at radius 2 is 1.18 bits per heavy atom. The molecule has 0 saturated heterocycles. The molecule has 0 radical (unpaired) electrons. The SMILES string of the molecule is CC(=O)C1CCC2C3CC=C4CC(OC(=O)C(C)COP(=O)(O)OC5CCC6(C)C(=CCC7C6CCC6(C)C(C(C)=O)CCC76)C5)CCC4(C)C3CCC12C. The number of hydrogen-bond donors (Lipinski definition) is 1. The van der Waals surface area contributed by atoms with Crippen LogP contribution in [-0.2, 0) is 32.7 Å². The molecule has 0 aromatic carbocycles. The van der Waals surface area contributed by atoms with Gasteiger partial charge in [-0.15, -0.1) is 0 Å². The van der Waals surface area contributed by atoms with Gasteiger partial charge in [0.1, 0.15) is 17.7 Å². The van der Waals surface area contributed by atoms with Crippen molar-refractivity contribution in [2.45, 2.75) is 163 Å². The lowest BCUT2D eigenvalue weighted by atomic mass is 9.47. The predicted molar refractivity (Wildman–Crippen MR) is 211 cm³/mol. The van der Waals surface area contributed by atoms with Gasteiger partial charge in [-0.05, 0) is 174 Å². The molecule has 9 heteroatoms. The van der Waals surface area contributed by atoms with Crippen molar-refractivity contribution in [1.29, 1.82) is 0 Å². The zero-order chi connectivity index (χ0) is 39.3. The molecule has 6 fully saturated rings. The minimum Gasteiger partial charge on any atom is -0.462 e. The van der Waals surface area contributed by atoms with Gasteiger partial charge < -0.3 is 9.63 Å². The molecule has 55 heavy (non-hydrogen) atoms. The molecule has 8 rings (SSSR count). The molecule has 0 bridgehead atoms. The van der Waals surface area contributed by atoms with Gasteiger partial charge in [-0.1, -0.05) is 51.0 Å². The maximum absolute atomic E-state index is 13.3. The number of carbonyl (C=O) groups is 3. The van der Waals surface area contributed by atoms with E-state index >= 15 is 0 Å². The van der Waals surface area contributed by atoms with E-state index in [-0.39, 0.29) is 46.2 Å². The number of Topliss-reactive ketones (excluding diaryl/α,β-unsaturated/α-hetero) is 2. The number of ketones is 2. The van der Waals surface area contributed by atoms with Crippen LogP contribution < -0.4 is 0 Å². The van der Waals surface area contributed by atoms with E-state index in [0.29, 0.717) is 59.9 Å². The van der Waals surface area contributed by atoms with Crippen LogP contribution in [0.2, 0.25) is 0 Å². The molecular formula is C46H69O8P.